The molecule has 0 saturated carbocycles. The Bertz CT molecular complexity index is 488. The van der Waals surface area contributed by atoms with E-state index in [4.69, 9.17) is 10.5 Å². The Hall–Kier alpha value is -0.950. The second-order valence-electron chi connectivity index (χ2n) is 4.26. The van der Waals surface area contributed by atoms with Gasteiger partial charge in [-0.25, -0.2) is 8.42 Å². The molecule has 0 spiro atoms. The molecule has 19 heavy (non-hydrogen) atoms. The summed E-state index contributed by atoms with van der Waals surface area (Å²) < 4.78 is 30.9. The molecule has 1 aromatic carbocycles. The summed E-state index contributed by atoms with van der Waals surface area (Å²) in [5, 5.41) is 0. The highest BCUT2D eigenvalue weighted by Gasteiger charge is 2.20. The van der Waals surface area contributed by atoms with E-state index in [1.807, 2.05) is 25.1 Å². The first kappa shape index (κ1) is 16.1. The van der Waals surface area contributed by atoms with Crippen LogP contribution in [0.1, 0.15) is 18.1 Å². The molecule has 6 heteroatoms. The zero-order chi connectivity index (χ0) is 14.3. The lowest BCUT2D eigenvalue weighted by Gasteiger charge is -2.20. The number of hydrogen-bond acceptors (Lipinski definition) is 4. The first-order valence-electron chi connectivity index (χ1n) is 6.28. The largest absolute Gasteiger partial charge is 0.383 e. The molecule has 0 bridgehead atoms. The van der Waals surface area contributed by atoms with Crippen molar-refractivity contribution in [3.8, 4) is 0 Å². The van der Waals surface area contributed by atoms with Crippen LogP contribution in [-0.2, 0) is 27.1 Å². The number of likely N-dealkylation sites (N-methyl/N-ethyl adjacent to an activating group) is 1. The van der Waals surface area contributed by atoms with E-state index in [0.717, 1.165) is 11.1 Å². The quantitative estimate of drug-likeness (QED) is 0.772. The SMILES string of the molecule is CCN(CCOC)S(=O)(=O)Cc1cccc(CN)c1. The Labute approximate surface area is 115 Å². The molecule has 0 aliphatic carbocycles. The van der Waals surface area contributed by atoms with Crippen LogP contribution in [0.4, 0.5) is 0 Å². The number of benzene rings is 1. The summed E-state index contributed by atoms with van der Waals surface area (Å²) in [7, 11) is -1.75. The van der Waals surface area contributed by atoms with Gasteiger partial charge in [0.1, 0.15) is 0 Å². The molecule has 108 valence electrons. The van der Waals surface area contributed by atoms with Crippen molar-refractivity contribution in [1.29, 1.82) is 0 Å². The molecule has 0 unspecified atom stereocenters. The van der Waals surface area contributed by atoms with Gasteiger partial charge in [0.2, 0.25) is 10.0 Å². The first-order chi connectivity index (χ1) is 9.03. The highest BCUT2D eigenvalue weighted by Crippen LogP contribution is 2.12. The van der Waals surface area contributed by atoms with E-state index in [-0.39, 0.29) is 5.75 Å². The van der Waals surface area contributed by atoms with Gasteiger partial charge in [-0.15, -0.1) is 0 Å². The van der Waals surface area contributed by atoms with Crippen molar-refractivity contribution < 1.29 is 13.2 Å². The fourth-order valence-corrected chi connectivity index (χ4v) is 3.36. The Kier molecular flexibility index (Phi) is 6.44. The van der Waals surface area contributed by atoms with E-state index < -0.39 is 10.0 Å². The van der Waals surface area contributed by atoms with Crippen molar-refractivity contribution >= 4 is 10.0 Å². The van der Waals surface area contributed by atoms with E-state index in [1.54, 1.807) is 13.2 Å². The van der Waals surface area contributed by atoms with Crippen LogP contribution in [0.25, 0.3) is 0 Å². The summed E-state index contributed by atoms with van der Waals surface area (Å²) in [4.78, 5) is 0. The van der Waals surface area contributed by atoms with E-state index in [2.05, 4.69) is 0 Å². The van der Waals surface area contributed by atoms with Gasteiger partial charge in [0, 0.05) is 26.7 Å². The third-order valence-corrected chi connectivity index (χ3v) is 4.79. The van der Waals surface area contributed by atoms with Gasteiger partial charge in [-0.05, 0) is 11.1 Å². The maximum absolute atomic E-state index is 12.3. The molecule has 0 saturated heterocycles. The standard InChI is InChI=1S/C13H22N2O3S/c1-3-15(7-8-18-2)19(16,17)11-13-6-4-5-12(9-13)10-14/h4-6,9H,3,7-8,10-11,14H2,1-2H3. The summed E-state index contributed by atoms with van der Waals surface area (Å²) in [5.41, 5.74) is 7.26. The van der Waals surface area contributed by atoms with Crippen molar-refractivity contribution in [1.82, 2.24) is 4.31 Å². The lowest BCUT2D eigenvalue weighted by molar-refractivity contribution is 0.180. The molecule has 0 radical (unpaired) electrons. The Morgan fingerprint density at radius 2 is 2.00 bits per heavy atom. The molecule has 0 fully saturated rings. The highest BCUT2D eigenvalue weighted by atomic mass is 32.2. The lowest BCUT2D eigenvalue weighted by Crippen LogP contribution is -2.34. The van der Waals surface area contributed by atoms with Gasteiger partial charge in [-0.3, -0.25) is 0 Å². The summed E-state index contributed by atoms with van der Waals surface area (Å²) >= 11 is 0. The van der Waals surface area contributed by atoms with Crippen LogP contribution >= 0.6 is 0 Å². The normalized spacial score (nSPS) is 12.0. The van der Waals surface area contributed by atoms with Crippen molar-refractivity contribution in [2.45, 2.75) is 19.2 Å². The summed E-state index contributed by atoms with van der Waals surface area (Å²) in [6, 6.07) is 7.36. The zero-order valence-electron chi connectivity index (χ0n) is 11.5. The smallest absolute Gasteiger partial charge is 0.218 e. The molecule has 1 rings (SSSR count). The average molecular weight is 286 g/mol. The first-order valence-corrected chi connectivity index (χ1v) is 7.89. The summed E-state index contributed by atoms with van der Waals surface area (Å²) in [6.07, 6.45) is 0. The topological polar surface area (TPSA) is 72.6 Å². The van der Waals surface area contributed by atoms with Crippen molar-refractivity contribution in [3.05, 3.63) is 35.4 Å². The molecule has 0 amide bonds. The Morgan fingerprint density at radius 3 is 2.58 bits per heavy atom. The third-order valence-electron chi connectivity index (χ3n) is 2.87. The predicted molar refractivity (Wildman–Crippen MR) is 76.1 cm³/mol. The number of nitrogens with two attached hydrogens (primary N) is 1. The molecular formula is C13H22N2O3S. The van der Waals surface area contributed by atoms with Gasteiger partial charge in [0.05, 0.1) is 12.4 Å². The molecule has 5 nitrogen and oxygen atoms in total. The van der Waals surface area contributed by atoms with E-state index >= 15 is 0 Å². The molecule has 2 N–H and O–H groups in total. The second-order valence-corrected chi connectivity index (χ2v) is 6.23. The maximum atomic E-state index is 12.3. The molecule has 0 heterocycles. The number of sulfonamides is 1. The summed E-state index contributed by atoms with van der Waals surface area (Å²) in [6.45, 7) is 3.46. The number of rotatable bonds is 8. The lowest BCUT2D eigenvalue weighted by atomic mass is 10.1. The van der Waals surface area contributed by atoms with Crippen LogP contribution < -0.4 is 5.73 Å². The number of ether oxygens (including phenoxy) is 1. The van der Waals surface area contributed by atoms with Crippen LogP contribution in [-0.4, -0.2) is 39.5 Å². The molecule has 0 aromatic heterocycles. The number of methoxy groups -OCH3 is 1. The van der Waals surface area contributed by atoms with Crippen molar-refractivity contribution in [2.24, 2.45) is 5.73 Å². The predicted octanol–water partition coefficient (Wildman–Crippen LogP) is 0.943. The average Bonchev–Trinajstić information content (AvgIpc) is 2.39. The minimum Gasteiger partial charge on any atom is -0.383 e. The van der Waals surface area contributed by atoms with Gasteiger partial charge in [-0.1, -0.05) is 31.2 Å². The van der Waals surface area contributed by atoms with Gasteiger partial charge in [-0.2, -0.15) is 4.31 Å². The number of nitrogens with zero attached hydrogens (tertiary/aromatic N) is 1. The van der Waals surface area contributed by atoms with Crippen LogP contribution in [0, 0.1) is 0 Å². The van der Waals surface area contributed by atoms with Crippen LogP contribution in [0.15, 0.2) is 24.3 Å². The minimum absolute atomic E-state index is 0.00159. The van der Waals surface area contributed by atoms with Crippen molar-refractivity contribution in [3.63, 3.8) is 0 Å². The molecule has 0 atom stereocenters. The van der Waals surface area contributed by atoms with Gasteiger partial charge >= 0.3 is 0 Å². The molecule has 1 aromatic rings. The second kappa shape index (κ2) is 7.59. The zero-order valence-corrected chi connectivity index (χ0v) is 12.3. The highest BCUT2D eigenvalue weighted by molar-refractivity contribution is 7.88. The monoisotopic (exact) mass is 286 g/mol. The summed E-state index contributed by atoms with van der Waals surface area (Å²) in [5.74, 6) is -0.00159. The van der Waals surface area contributed by atoms with Crippen LogP contribution in [0.3, 0.4) is 0 Å². The Morgan fingerprint density at radius 1 is 1.32 bits per heavy atom. The minimum atomic E-state index is -3.31. The van der Waals surface area contributed by atoms with Crippen LogP contribution in [0.2, 0.25) is 0 Å². The van der Waals surface area contributed by atoms with Gasteiger partial charge in [0.15, 0.2) is 0 Å². The van der Waals surface area contributed by atoms with Crippen molar-refractivity contribution in [2.75, 3.05) is 26.8 Å². The Balaban J connectivity index is 2.81. The molecule has 0 aliphatic rings. The maximum Gasteiger partial charge on any atom is 0.218 e. The third kappa shape index (κ3) is 4.91. The van der Waals surface area contributed by atoms with Crippen LogP contribution in [0.5, 0.6) is 0 Å². The van der Waals surface area contributed by atoms with Gasteiger partial charge in [0.25, 0.3) is 0 Å². The molecular weight excluding hydrogens is 264 g/mol. The van der Waals surface area contributed by atoms with Gasteiger partial charge < -0.3 is 10.5 Å². The van der Waals surface area contributed by atoms with E-state index in [1.165, 1.54) is 4.31 Å². The van der Waals surface area contributed by atoms with E-state index in [9.17, 15) is 8.42 Å². The van der Waals surface area contributed by atoms with E-state index in [0.29, 0.717) is 26.2 Å². The molecule has 0 aliphatic heterocycles. The fourth-order valence-electron chi connectivity index (χ4n) is 1.84. The fraction of sp³-hybridized carbons (Fsp3) is 0.538. The number of hydrogen-bond donors (Lipinski definition) is 1.